The maximum Gasteiger partial charge on any atom is 0.317 e. The third kappa shape index (κ3) is 6.29. The van der Waals surface area contributed by atoms with E-state index in [1.807, 2.05) is 25.1 Å². The molecule has 0 saturated heterocycles. The molecule has 33 heavy (non-hydrogen) atoms. The van der Waals surface area contributed by atoms with E-state index in [1.54, 1.807) is 0 Å². The van der Waals surface area contributed by atoms with Crippen LogP contribution in [0.25, 0.3) is 0 Å². The van der Waals surface area contributed by atoms with Gasteiger partial charge in [0.2, 0.25) is 0 Å². The lowest BCUT2D eigenvalue weighted by Gasteiger charge is -2.40. The summed E-state index contributed by atoms with van der Waals surface area (Å²) in [7, 11) is -2.18. The van der Waals surface area contributed by atoms with Crippen LogP contribution in [0.15, 0.2) is 93.5 Å². The number of carbonyl (C=O) groups excluding carboxylic acids is 1. The Morgan fingerprint density at radius 1 is 0.636 bits per heavy atom. The Bertz CT molecular complexity index is 927. The van der Waals surface area contributed by atoms with Gasteiger partial charge in [-0.2, -0.15) is 0 Å². The van der Waals surface area contributed by atoms with Gasteiger partial charge >= 0.3 is 5.97 Å². The molecule has 0 aliphatic carbocycles. The van der Waals surface area contributed by atoms with Gasteiger partial charge in [-0.3, -0.25) is 4.79 Å². The van der Waals surface area contributed by atoms with Crippen molar-refractivity contribution in [3.63, 3.8) is 0 Å². The number of rotatable bonds is 12. The normalized spacial score (nSPS) is 11.8. The molecule has 0 aromatic heterocycles. The number of carbonyl (C=O) groups is 1. The van der Waals surface area contributed by atoms with E-state index < -0.39 is 10.3 Å². The van der Waals surface area contributed by atoms with Gasteiger partial charge in [-0.05, 0) is 89.9 Å². The number of benzene rings is 3. The highest BCUT2D eigenvalue weighted by molar-refractivity contribution is 8.30. The average molecular weight is 463 g/mol. The molecule has 3 aromatic carbocycles. The SMILES string of the molecule is CCCCc1ccc(S(OC(=O)CCC)(c2ccccc2)c2ccc(CCCC)cc2)cc1. The Morgan fingerprint density at radius 2 is 1.09 bits per heavy atom. The zero-order valence-corrected chi connectivity index (χ0v) is 21.2. The molecule has 0 saturated carbocycles. The minimum Gasteiger partial charge on any atom is -0.402 e. The third-order valence-corrected chi connectivity index (χ3v) is 9.14. The van der Waals surface area contributed by atoms with E-state index in [-0.39, 0.29) is 5.97 Å². The van der Waals surface area contributed by atoms with E-state index in [4.69, 9.17) is 4.18 Å². The van der Waals surface area contributed by atoms with Crippen LogP contribution < -0.4 is 0 Å². The Labute approximate surface area is 201 Å². The van der Waals surface area contributed by atoms with Crippen molar-refractivity contribution in [1.82, 2.24) is 0 Å². The number of aryl methyl sites for hydroxylation is 2. The first kappa shape index (κ1) is 25.1. The quantitative estimate of drug-likeness (QED) is 0.268. The molecular weight excluding hydrogens is 424 g/mol. The molecular formula is C30H38O2S. The molecule has 0 bridgehead atoms. The molecule has 3 heteroatoms. The van der Waals surface area contributed by atoms with Gasteiger partial charge in [0, 0.05) is 21.1 Å². The van der Waals surface area contributed by atoms with Crippen molar-refractivity contribution in [3.05, 3.63) is 90.0 Å². The van der Waals surface area contributed by atoms with Crippen LogP contribution in [0.3, 0.4) is 0 Å². The van der Waals surface area contributed by atoms with Gasteiger partial charge in [0.1, 0.15) is 0 Å². The summed E-state index contributed by atoms with van der Waals surface area (Å²) >= 11 is 0. The van der Waals surface area contributed by atoms with Crippen LogP contribution in [0.5, 0.6) is 0 Å². The average Bonchev–Trinajstić information content (AvgIpc) is 2.86. The molecule has 0 atom stereocenters. The van der Waals surface area contributed by atoms with Gasteiger partial charge in [-0.15, -0.1) is 0 Å². The van der Waals surface area contributed by atoms with Crippen molar-refractivity contribution in [2.45, 2.75) is 86.8 Å². The standard InChI is InChI=1S/C30H38O2S/c1-4-7-13-25-17-21-28(22-18-25)33(32-30(31)12-6-3,27-15-10-9-11-16-27)29-23-19-26(20-24-29)14-8-5-2/h9-11,15-24H,4-8,12-14H2,1-3H3. The summed E-state index contributed by atoms with van der Waals surface area (Å²) < 4.78 is 6.52. The molecule has 0 heterocycles. The highest BCUT2D eigenvalue weighted by atomic mass is 32.3. The molecule has 0 fully saturated rings. The Hall–Kier alpha value is -2.52. The van der Waals surface area contributed by atoms with Crippen LogP contribution >= 0.6 is 10.3 Å². The third-order valence-electron chi connectivity index (χ3n) is 5.90. The van der Waals surface area contributed by atoms with Crippen molar-refractivity contribution in [2.75, 3.05) is 0 Å². The summed E-state index contributed by atoms with van der Waals surface area (Å²) in [6.45, 7) is 6.46. The van der Waals surface area contributed by atoms with Crippen molar-refractivity contribution in [3.8, 4) is 0 Å². The fraction of sp³-hybridized carbons (Fsp3) is 0.367. The van der Waals surface area contributed by atoms with Crippen LogP contribution in [-0.2, 0) is 21.8 Å². The molecule has 0 aliphatic rings. The van der Waals surface area contributed by atoms with Crippen molar-refractivity contribution in [2.24, 2.45) is 0 Å². The first-order valence-electron chi connectivity index (χ1n) is 12.4. The van der Waals surface area contributed by atoms with E-state index >= 15 is 0 Å². The summed E-state index contributed by atoms with van der Waals surface area (Å²) in [4.78, 5) is 16.2. The molecule has 3 rings (SSSR count). The molecule has 0 spiro atoms. The molecule has 0 amide bonds. The lowest BCUT2D eigenvalue weighted by molar-refractivity contribution is -0.133. The fourth-order valence-corrected chi connectivity index (χ4v) is 7.05. The maximum atomic E-state index is 13.0. The van der Waals surface area contributed by atoms with Crippen molar-refractivity contribution >= 4 is 16.3 Å². The summed E-state index contributed by atoms with van der Waals surface area (Å²) in [5.41, 5.74) is 2.66. The summed E-state index contributed by atoms with van der Waals surface area (Å²) in [6, 6.07) is 27.8. The van der Waals surface area contributed by atoms with E-state index in [0.717, 1.165) is 33.9 Å². The van der Waals surface area contributed by atoms with Gasteiger partial charge in [-0.25, -0.2) is 0 Å². The summed E-state index contributed by atoms with van der Waals surface area (Å²) in [6.07, 6.45) is 8.07. The second-order valence-corrected chi connectivity index (χ2v) is 11.3. The second kappa shape index (κ2) is 12.6. The minimum absolute atomic E-state index is 0.138. The molecule has 0 aliphatic heterocycles. The van der Waals surface area contributed by atoms with Crippen LogP contribution in [-0.4, -0.2) is 5.97 Å². The molecule has 2 nitrogen and oxygen atoms in total. The Balaban J connectivity index is 2.14. The molecule has 0 radical (unpaired) electrons. The van der Waals surface area contributed by atoms with Gasteiger partial charge in [-0.1, -0.05) is 76.1 Å². The predicted molar refractivity (Wildman–Crippen MR) is 140 cm³/mol. The topological polar surface area (TPSA) is 26.3 Å². The van der Waals surface area contributed by atoms with Crippen molar-refractivity contribution < 1.29 is 8.98 Å². The van der Waals surface area contributed by atoms with Crippen LogP contribution in [0, 0.1) is 0 Å². The Morgan fingerprint density at radius 3 is 1.52 bits per heavy atom. The highest BCUT2D eigenvalue weighted by Crippen LogP contribution is 2.69. The van der Waals surface area contributed by atoms with Crippen LogP contribution in [0.4, 0.5) is 0 Å². The Kier molecular flexibility index (Phi) is 9.62. The molecule has 176 valence electrons. The first-order chi connectivity index (χ1) is 16.1. The fourth-order valence-electron chi connectivity index (χ4n) is 4.01. The largest absolute Gasteiger partial charge is 0.402 e. The lowest BCUT2D eigenvalue weighted by atomic mass is 10.1. The van der Waals surface area contributed by atoms with Gasteiger partial charge < -0.3 is 4.18 Å². The zero-order valence-electron chi connectivity index (χ0n) is 20.4. The lowest BCUT2D eigenvalue weighted by Crippen LogP contribution is -2.13. The monoisotopic (exact) mass is 462 g/mol. The maximum absolute atomic E-state index is 13.0. The van der Waals surface area contributed by atoms with E-state index in [9.17, 15) is 4.79 Å². The molecule has 3 aromatic rings. The summed E-state index contributed by atoms with van der Waals surface area (Å²) in [5.74, 6) is -0.138. The smallest absolute Gasteiger partial charge is 0.317 e. The van der Waals surface area contributed by atoms with E-state index in [1.165, 1.54) is 36.8 Å². The van der Waals surface area contributed by atoms with Crippen LogP contribution in [0.1, 0.15) is 70.4 Å². The van der Waals surface area contributed by atoms with Gasteiger partial charge in [0.05, 0.1) is 0 Å². The first-order valence-corrected chi connectivity index (χ1v) is 14.0. The number of hydrogen-bond acceptors (Lipinski definition) is 2. The minimum atomic E-state index is -2.18. The van der Waals surface area contributed by atoms with E-state index in [2.05, 4.69) is 74.5 Å². The zero-order chi connectivity index (χ0) is 23.5. The van der Waals surface area contributed by atoms with Gasteiger partial charge in [0.15, 0.2) is 0 Å². The number of hydrogen-bond donors (Lipinski definition) is 0. The second-order valence-electron chi connectivity index (χ2n) is 8.57. The summed E-state index contributed by atoms with van der Waals surface area (Å²) in [5, 5.41) is 0. The van der Waals surface area contributed by atoms with Crippen molar-refractivity contribution in [1.29, 1.82) is 0 Å². The van der Waals surface area contributed by atoms with E-state index in [0.29, 0.717) is 6.42 Å². The predicted octanol–water partition coefficient (Wildman–Crippen LogP) is 8.91. The highest BCUT2D eigenvalue weighted by Gasteiger charge is 2.35. The number of unbranched alkanes of at least 4 members (excludes halogenated alkanes) is 2. The van der Waals surface area contributed by atoms with Gasteiger partial charge in [0.25, 0.3) is 0 Å². The van der Waals surface area contributed by atoms with Crippen LogP contribution in [0.2, 0.25) is 0 Å². The molecule has 0 unspecified atom stereocenters. The molecule has 0 N–H and O–H groups in total.